The number of imide groups is 1. The molecule has 2 fully saturated rings. The second kappa shape index (κ2) is 9.89. The Labute approximate surface area is 192 Å². The summed E-state index contributed by atoms with van der Waals surface area (Å²) in [5.74, 6) is -0.464. The van der Waals surface area contributed by atoms with Crippen molar-refractivity contribution in [2.75, 3.05) is 18.4 Å². The van der Waals surface area contributed by atoms with Crippen LogP contribution in [0.25, 0.3) is 0 Å². The van der Waals surface area contributed by atoms with Gasteiger partial charge in [0.05, 0.1) is 11.7 Å². The Morgan fingerprint density at radius 3 is 2.61 bits per heavy atom. The molecule has 0 saturated carbocycles. The molecule has 2 aliphatic rings. The van der Waals surface area contributed by atoms with Crippen LogP contribution in [0, 0.1) is 6.92 Å². The van der Waals surface area contributed by atoms with Crippen LogP contribution < -0.4 is 5.32 Å². The van der Waals surface area contributed by atoms with Crippen molar-refractivity contribution >= 4 is 29.4 Å². The van der Waals surface area contributed by atoms with Crippen LogP contribution in [0.3, 0.4) is 0 Å². The van der Waals surface area contributed by atoms with E-state index in [2.05, 4.69) is 15.3 Å². The average molecular weight is 450 g/mol. The van der Waals surface area contributed by atoms with Crippen molar-refractivity contribution in [3.05, 3.63) is 53.5 Å². The average Bonchev–Trinajstić information content (AvgIpc) is 3.30. The zero-order valence-corrected chi connectivity index (χ0v) is 18.6. The van der Waals surface area contributed by atoms with Gasteiger partial charge in [-0.1, -0.05) is 12.1 Å². The van der Waals surface area contributed by atoms with Crippen molar-refractivity contribution in [3.63, 3.8) is 0 Å². The molecule has 2 aromatic rings. The molecule has 0 aliphatic carbocycles. The van der Waals surface area contributed by atoms with Crippen LogP contribution in [0.5, 0.6) is 0 Å². The summed E-state index contributed by atoms with van der Waals surface area (Å²) >= 11 is 0. The Balaban J connectivity index is 1.42. The van der Waals surface area contributed by atoms with E-state index in [0.717, 1.165) is 18.4 Å². The van der Waals surface area contributed by atoms with Crippen LogP contribution in [0.15, 0.2) is 36.5 Å². The first-order valence-electron chi connectivity index (χ1n) is 11.3. The monoisotopic (exact) mass is 449 g/mol. The van der Waals surface area contributed by atoms with Crippen molar-refractivity contribution in [2.45, 2.75) is 51.5 Å². The number of hydrogen-bond acceptors (Lipinski definition) is 6. The van der Waals surface area contributed by atoms with Gasteiger partial charge in [0.25, 0.3) is 5.91 Å². The van der Waals surface area contributed by atoms with Gasteiger partial charge in [-0.25, -0.2) is 9.97 Å². The predicted molar refractivity (Wildman–Crippen MR) is 120 cm³/mol. The maximum Gasteiger partial charge on any atom is 0.275 e. The standard InChI is InChI=1S/C24H27N5O4/c1-16-10-11-20(25-15-16)27-24(33)18-6-2-5-17(26-18)19-7-4-13-28(19)23(32)12-14-29-21(30)8-3-9-22(29)31/h2,5-6,10-11,15,19H,3-4,7-9,12-14H2,1H3,(H,25,27,33)/t19-/m1/s1. The fourth-order valence-electron chi connectivity index (χ4n) is 4.26. The molecule has 33 heavy (non-hydrogen) atoms. The molecule has 0 bridgehead atoms. The van der Waals surface area contributed by atoms with Crippen LogP contribution in [-0.2, 0) is 14.4 Å². The van der Waals surface area contributed by atoms with Crippen molar-refractivity contribution in [1.82, 2.24) is 19.8 Å². The van der Waals surface area contributed by atoms with Crippen LogP contribution in [0.4, 0.5) is 5.82 Å². The zero-order valence-electron chi connectivity index (χ0n) is 18.6. The van der Waals surface area contributed by atoms with Gasteiger partial charge < -0.3 is 10.2 Å². The topological polar surface area (TPSA) is 113 Å². The summed E-state index contributed by atoms with van der Waals surface area (Å²) < 4.78 is 0. The van der Waals surface area contributed by atoms with E-state index >= 15 is 0 Å². The molecule has 9 heteroatoms. The number of piperidine rings is 1. The van der Waals surface area contributed by atoms with Gasteiger partial charge >= 0.3 is 0 Å². The molecule has 0 unspecified atom stereocenters. The number of anilines is 1. The Morgan fingerprint density at radius 2 is 1.88 bits per heavy atom. The highest BCUT2D eigenvalue weighted by atomic mass is 16.2. The van der Waals surface area contributed by atoms with Gasteiger partial charge in [-0.15, -0.1) is 0 Å². The molecular formula is C24H27N5O4. The number of carbonyl (C=O) groups excluding carboxylic acids is 4. The molecule has 2 aromatic heterocycles. The van der Waals surface area contributed by atoms with Gasteiger partial charge in [0.15, 0.2) is 0 Å². The minimum Gasteiger partial charge on any atom is -0.334 e. The fraction of sp³-hybridized carbons (Fsp3) is 0.417. The van der Waals surface area contributed by atoms with Gasteiger partial charge in [-0.3, -0.25) is 24.1 Å². The maximum absolute atomic E-state index is 12.9. The van der Waals surface area contributed by atoms with E-state index in [1.165, 1.54) is 4.90 Å². The number of amides is 4. The predicted octanol–water partition coefficient (Wildman–Crippen LogP) is 2.63. The van der Waals surface area contributed by atoms with E-state index in [1.807, 2.05) is 19.1 Å². The van der Waals surface area contributed by atoms with Gasteiger partial charge in [-0.05, 0) is 49.9 Å². The first kappa shape index (κ1) is 22.6. The number of pyridine rings is 2. The number of hydrogen-bond donors (Lipinski definition) is 1. The molecule has 0 aromatic carbocycles. The number of nitrogens with zero attached hydrogens (tertiary/aromatic N) is 4. The summed E-state index contributed by atoms with van der Waals surface area (Å²) in [6.45, 7) is 2.61. The Kier molecular flexibility index (Phi) is 6.76. The lowest BCUT2D eigenvalue weighted by molar-refractivity contribution is -0.148. The van der Waals surface area contributed by atoms with E-state index < -0.39 is 0 Å². The number of aryl methyl sites for hydroxylation is 1. The Bertz CT molecular complexity index is 1050. The second-order valence-electron chi connectivity index (χ2n) is 8.41. The highest BCUT2D eigenvalue weighted by Crippen LogP contribution is 2.31. The lowest BCUT2D eigenvalue weighted by atomic mass is 10.1. The summed E-state index contributed by atoms with van der Waals surface area (Å²) in [7, 11) is 0. The molecule has 4 amide bonds. The van der Waals surface area contributed by atoms with E-state index in [0.29, 0.717) is 37.3 Å². The van der Waals surface area contributed by atoms with Crippen LogP contribution in [-0.4, -0.2) is 56.5 Å². The first-order valence-corrected chi connectivity index (χ1v) is 11.3. The molecule has 2 saturated heterocycles. The van der Waals surface area contributed by atoms with Crippen LogP contribution in [0.1, 0.15) is 66.3 Å². The molecule has 1 atom stereocenters. The fourth-order valence-corrected chi connectivity index (χ4v) is 4.26. The summed E-state index contributed by atoms with van der Waals surface area (Å²) in [4.78, 5) is 61.2. The number of carbonyl (C=O) groups is 4. The summed E-state index contributed by atoms with van der Waals surface area (Å²) in [6, 6.07) is 8.55. The first-order chi connectivity index (χ1) is 15.9. The molecule has 0 radical (unpaired) electrons. The van der Waals surface area contributed by atoms with Crippen molar-refractivity contribution in [3.8, 4) is 0 Å². The minimum absolute atomic E-state index is 0.0905. The zero-order chi connectivity index (χ0) is 23.4. The van der Waals surface area contributed by atoms with Crippen molar-refractivity contribution in [2.24, 2.45) is 0 Å². The molecule has 9 nitrogen and oxygen atoms in total. The summed E-state index contributed by atoms with van der Waals surface area (Å²) in [6.07, 6.45) is 4.60. The third-order valence-electron chi connectivity index (χ3n) is 6.00. The minimum atomic E-state index is -0.369. The van der Waals surface area contributed by atoms with Crippen LogP contribution in [0.2, 0.25) is 0 Å². The van der Waals surface area contributed by atoms with Gasteiger partial charge in [0, 0.05) is 38.5 Å². The third kappa shape index (κ3) is 5.24. The van der Waals surface area contributed by atoms with Crippen molar-refractivity contribution in [1.29, 1.82) is 0 Å². The number of aromatic nitrogens is 2. The number of nitrogens with one attached hydrogen (secondary N) is 1. The maximum atomic E-state index is 12.9. The second-order valence-corrected chi connectivity index (χ2v) is 8.41. The molecule has 4 rings (SSSR count). The lowest BCUT2D eigenvalue weighted by Crippen LogP contribution is -2.42. The van der Waals surface area contributed by atoms with Gasteiger partial charge in [0.1, 0.15) is 11.5 Å². The SMILES string of the molecule is Cc1ccc(NC(=O)c2cccc([C@H]3CCCN3C(=O)CCN3C(=O)CCCC3=O)n2)nc1. The van der Waals surface area contributed by atoms with Gasteiger partial charge in [-0.2, -0.15) is 0 Å². The highest BCUT2D eigenvalue weighted by molar-refractivity contribution is 6.02. The largest absolute Gasteiger partial charge is 0.334 e. The molecule has 0 spiro atoms. The van der Waals surface area contributed by atoms with Crippen LogP contribution >= 0.6 is 0 Å². The lowest BCUT2D eigenvalue weighted by Gasteiger charge is -2.28. The van der Waals surface area contributed by atoms with E-state index in [-0.39, 0.29) is 48.3 Å². The molecule has 1 N–H and O–H groups in total. The highest BCUT2D eigenvalue weighted by Gasteiger charge is 2.32. The van der Waals surface area contributed by atoms with Gasteiger partial charge in [0.2, 0.25) is 17.7 Å². The van der Waals surface area contributed by atoms with E-state index in [9.17, 15) is 19.2 Å². The normalized spacial score (nSPS) is 18.5. The number of likely N-dealkylation sites (tertiary alicyclic amines) is 2. The number of rotatable bonds is 6. The quantitative estimate of drug-likeness (QED) is 0.679. The van der Waals surface area contributed by atoms with Crippen molar-refractivity contribution < 1.29 is 19.2 Å². The Morgan fingerprint density at radius 1 is 1.09 bits per heavy atom. The molecule has 4 heterocycles. The molecule has 172 valence electrons. The Hall–Kier alpha value is -3.62. The van der Waals surface area contributed by atoms with E-state index in [4.69, 9.17) is 0 Å². The summed E-state index contributed by atoms with van der Waals surface area (Å²) in [5.41, 5.74) is 1.89. The molecule has 2 aliphatic heterocycles. The van der Waals surface area contributed by atoms with E-state index in [1.54, 1.807) is 29.3 Å². The molecular weight excluding hydrogens is 422 g/mol. The summed E-state index contributed by atoms with van der Waals surface area (Å²) in [5, 5.41) is 2.74. The third-order valence-corrected chi connectivity index (χ3v) is 6.00. The smallest absolute Gasteiger partial charge is 0.275 e.